The lowest BCUT2D eigenvalue weighted by atomic mass is 10.1. The maximum absolute atomic E-state index is 12.2. The van der Waals surface area contributed by atoms with Gasteiger partial charge in [-0.1, -0.05) is 0 Å². The Balaban J connectivity index is 1.63. The van der Waals surface area contributed by atoms with Crippen molar-refractivity contribution in [1.82, 2.24) is 24.6 Å². The fourth-order valence-corrected chi connectivity index (χ4v) is 2.93. The number of amides is 1. The van der Waals surface area contributed by atoms with Gasteiger partial charge in [0.1, 0.15) is 17.1 Å². The molecule has 0 aromatic carbocycles. The zero-order valence-corrected chi connectivity index (χ0v) is 17.1. The number of pyridine rings is 1. The average Bonchev–Trinajstić information content (AvgIpc) is 3.22. The quantitative estimate of drug-likeness (QED) is 0.677. The molecular formula is C20H28N6O2. The van der Waals surface area contributed by atoms with Crippen LogP contribution >= 0.6 is 0 Å². The first-order valence-electron chi connectivity index (χ1n) is 9.46. The molecule has 0 aliphatic rings. The Hall–Kier alpha value is -3.03. The summed E-state index contributed by atoms with van der Waals surface area (Å²) in [7, 11) is 1.90. The van der Waals surface area contributed by atoms with E-state index in [-0.39, 0.29) is 6.09 Å². The summed E-state index contributed by atoms with van der Waals surface area (Å²) in [4.78, 5) is 21.7. The summed E-state index contributed by atoms with van der Waals surface area (Å²) in [6.07, 6.45) is 5.46. The molecule has 3 heterocycles. The smallest absolute Gasteiger partial charge is 0.410 e. The van der Waals surface area contributed by atoms with Crippen LogP contribution in [0.1, 0.15) is 27.7 Å². The Morgan fingerprint density at radius 2 is 2.14 bits per heavy atom. The minimum atomic E-state index is -0.496. The number of aromatic amines is 1. The minimum absolute atomic E-state index is 0.300. The number of H-pyrrole nitrogens is 1. The summed E-state index contributed by atoms with van der Waals surface area (Å²) in [6.45, 7) is 9.25. The van der Waals surface area contributed by atoms with Crippen LogP contribution in [0.25, 0.3) is 22.2 Å². The fraction of sp³-hybridized carbons (Fsp3) is 0.450. The minimum Gasteiger partial charge on any atom is -0.444 e. The summed E-state index contributed by atoms with van der Waals surface area (Å²) >= 11 is 0. The number of aryl methyl sites for hydroxylation is 1. The molecule has 0 saturated heterocycles. The second-order valence-electron chi connectivity index (χ2n) is 7.68. The number of carbonyl (C=O) groups is 1. The Morgan fingerprint density at radius 3 is 2.79 bits per heavy atom. The summed E-state index contributed by atoms with van der Waals surface area (Å²) in [5.41, 5.74) is 2.43. The fourth-order valence-electron chi connectivity index (χ4n) is 2.93. The van der Waals surface area contributed by atoms with Crippen LogP contribution in [0.15, 0.2) is 30.7 Å². The zero-order chi connectivity index (χ0) is 20.3. The van der Waals surface area contributed by atoms with Crippen molar-refractivity contribution in [3.8, 4) is 11.1 Å². The van der Waals surface area contributed by atoms with Crippen LogP contribution in [0.5, 0.6) is 0 Å². The Bertz CT molecular complexity index is 953. The normalized spacial score (nSPS) is 11.6. The topological polar surface area (TPSA) is 88.1 Å². The number of nitrogens with zero attached hydrogens (tertiary/aromatic N) is 4. The molecule has 0 aliphatic carbocycles. The van der Waals surface area contributed by atoms with Crippen molar-refractivity contribution in [2.75, 3.05) is 25.0 Å². The number of anilines is 1. The standard InChI is InChI=1S/C20H28N6O2/c1-6-26(19(27)28-20(2,3)4)10-9-21-17-8-7-15-16(12-22-18(15)24-17)14-11-23-25(5)13-14/h7-8,11-13H,6,9-10H2,1-5H3,(H2,21,22,24). The lowest BCUT2D eigenvalue weighted by molar-refractivity contribution is 0.0267. The second-order valence-corrected chi connectivity index (χ2v) is 7.68. The molecule has 3 aromatic heterocycles. The van der Waals surface area contributed by atoms with Crippen LogP contribution in [0.4, 0.5) is 10.6 Å². The Morgan fingerprint density at radius 1 is 1.36 bits per heavy atom. The van der Waals surface area contributed by atoms with E-state index in [0.717, 1.165) is 28.0 Å². The Labute approximate surface area is 164 Å². The van der Waals surface area contributed by atoms with Crippen LogP contribution in [0.3, 0.4) is 0 Å². The van der Waals surface area contributed by atoms with E-state index in [9.17, 15) is 4.79 Å². The highest BCUT2D eigenvalue weighted by molar-refractivity contribution is 5.94. The van der Waals surface area contributed by atoms with E-state index >= 15 is 0 Å². The monoisotopic (exact) mass is 384 g/mol. The third-order valence-electron chi connectivity index (χ3n) is 4.28. The lowest BCUT2D eigenvalue weighted by Crippen LogP contribution is -2.39. The van der Waals surface area contributed by atoms with Crippen molar-refractivity contribution in [1.29, 1.82) is 0 Å². The van der Waals surface area contributed by atoms with Crippen LogP contribution in [-0.2, 0) is 11.8 Å². The van der Waals surface area contributed by atoms with Gasteiger partial charge in [0, 0.05) is 55.6 Å². The summed E-state index contributed by atoms with van der Waals surface area (Å²) in [5.74, 6) is 0.757. The summed E-state index contributed by atoms with van der Waals surface area (Å²) in [5, 5.41) is 8.55. The van der Waals surface area contributed by atoms with Gasteiger partial charge in [0.15, 0.2) is 0 Å². The molecule has 0 aliphatic heterocycles. The molecule has 3 aromatic rings. The first-order chi connectivity index (χ1) is 13.3. The molecule has 8 nitrogen and oxygen atoms in total. The van der Waals surface area contributed by atoms with Crippen molar-refractivity contribution in [3.63, 3.8) is 0 Å². The predicted molar refractivity (Wildman–Crippen MR) is 110 cm³/mol. The molecule has 3 rings (SSSR count). The number of likely N-dealkylation sites (N-methyl/N-ethyl adjacent to an activating group) is 1. The van der Waals surface area contributed by atoms with E-state index in [1.807, 2.05) is 65.5 Å². The van der Waals surface area contributed by atoms with Crippen LogP contribution in [0, 0.1) is 0 Å². The average molecular weight is 384 g/mol. The van der Waals surface area contributed by atoms with Crippen LogP contribution in [0.2, 0.25) is 0 Å². The van der Waals surface area contributed by atoms with Gasteiger partial charge in [-0.25, -0.2) is 9.78 Å². The third kappa shape index (κ3) is 4.62. The number of rotatable bonds is 6. The van der Waals surface area contributed by atoms with Crippen molar-refractivity contribution >= 4 is 22.9 Å². The molecule has 0 bridgehead atoms. The van der Waals surface area contributed by atoms with Gasteiger partial charge < -0.3 is 19.9 Å². The van der Waals surface area contributed by atoms with Gasteiger partial charge in [-0.15, -0.1) is 0 Å². The predicted octanol–water partition coefficient (Wildman–Crippen LogP) is 3.63. The molecule has 0 spiro atoms. The highest BCUT2D eigenvalue weighted by atomic mass is 16.6. The number of hydrogen-bond donors (Lipinski definition) is 2. The van der Waals surface area contributed by atoms with Crippen molar-refractivity contribution in [2.24, 2.45) is 7.05 Å². The number of hydrogen-bond acceptors (Lipinski definition) is 5. The molecule has 0 saturated carbocycles. The van der Waals surface area contributed by atoms with E-state index in [1.54, 1.807) is 9.58 Å². The molecule has 0 radical (unpaired) electrons. The molecular weight excluding hydrogens is 356 g/mol. The van der Waals surface area contributed by atoms with E-state index < -0.39 is 5.60 Å². The SMILES string of the molecule is CCN(CCNc1ccc2c(-c3cnn(C)c3)c[nH]c2n1)C(=O)OC(C)(C)C. The molecule has 0 fully saturated rings. The van der Waals surface area contributed by atoms with Gasteiger partial charge in [0.25, 0.3) is 0 Å². The number of ether oxygens (including phenoxy) is 1. The maximum Gasteiger partial charge on any atom is 0.410 e. The van der Waals surface area contributed by atoms with Gasteiger partial charge in [-0.3, -0.25) is 4.68 Å². The van der Waals surface area contributed by atoms with E-state index in [2.05, 4.69) is 20.4 Å². The number of nitrogens with one attached hydrogen (secondary N) is 2. The molecule has 8 heteroatoms. The highest BCUT2D eigenvalue weighted by Gasteiger charge is 2.20. The van der Waals surface area contributed by atoms with E-state index in [0.29, 0.717) is 19.6 Å². The van der Waals surface area contributed by atoms with E-state index in [4.69, 9.17) is 4.74 Å². The van der Waals surface area contributed by atoms with Gasteiger partial charge >= 0.3 is 6.09 Å². The van der Waals surface area contributed by atoms with Gasteiger partial charge in [0.2, 0.25) is 0 Å². The van der Waals surface area contributed by atoms with Crippen molar-refractivity contribution in [2.45, 2.75) is 33.3 Å². The first-order valence-corrected chi connectivity index (χ1v) is 9.46. The van der Waals surface area contributed by atoms with Crippen LogP contribution < -0.4 is 5.32 Å². The lowest BCUT2D eigenvalue weighted by Gasteiger charge is -2.26. The molecule has 2 N–H and O–H groups in total. The molecule has 0 atom stereocenters. The Kier molecular flexibility index (Phi) is 5.58. The van der Waals surface area contributed by atoms with E-state index in [1.165, 1.54) is 0 Å². The van der Waals surface area contributed by atoms with Crippen molar-refractivity contribution in [3.05, 3.63) is 30.7 Å². The summed E-state index contributed by atoms with van der Waals surface area (Å²) < 4.78 is 7.21. The first kappa shape index (κ1) is 19.7. The summed E-state index contributed by atoms with van der Waals surface area (Å²) in [6, 6.07) is 3.98. The van der Waals surface area contributed by atoms with Gasteiger partial charge in [-0.05, 0) is 39.8 Å². The highest BCUT2D eigenvalue weighted by Crippen LogP contribution is 2.28. The number of fused-ring (bicyclic) bond motifs is 1. The molecule has 150 valence electrons. The van der Waals surface area contributed by atoms with Gasteiger partial charge in [-0.2, -0.15) is 5.10 Å². The maximum atomic E-state index is 12.2. The third-order valence-corrected chi connectivity index (χ3v) is 4.28. The number of aromatic nitrogens is 4. The number of carbonyl (C=O) groups excluding carboxylic acids is 1. The molecule has 1 amide bonds. The van der Waals surface area contributed by atoms with Crippen molar-refractivity contribution < 1.29 is 9.53 Å². The zero-order valence-electron chi connectivity index (χ0n) is 17.1. The second kappa shape index (κ2) is 7.92. The molecule has 28 heavy (non-hydrogen) atoms. The van der Waals surface area contributed by atoms with Gasteiger partial charge in [0.05, 0.1) is 6.20 Å². The largest absolute Gasteiger partial charge is 0.444 e. The van der Waals surface area contributed by atoms with Crippen LogP contribution in [-0.4, -0.2) is 56.0 Å². The molecule has 0 unspecified atom stereocenters.